The highest BCUT2D eigenvalue weighted by atomic mass is 16.5. The molecule has 0 fully saturated rings. The van der Waals surface area contributed by atoms with Crippen molar-refractivity contribution < 1.29 is 9.53 Å². The van der Waals surface area contributed by atoms with Crippen molar-refractivity contribution in [1.82, 2.24) is 0 Å². The smallest absolute Gasteiger partial charge is 0.322 e. The largest absolute Gasteiger partial charge is 0.468 e. The van der Waals surface area contributed by atoms with E-state index in [1.54, 1.807) is 0 Å². The molecular formula is C7H15NO2. The summed E-state index contributed by atoms with van der Waals surface area (Å²) in [6.45, 7) is 3.93. The lowest BCUT2D eigenvalue weighted by Gasteiger charge is -2.14. The topological polar surface area (TPSA) is 52.3 Å². The van der Waals surface area contributed by atoms with Gasteiger partial charge in [0, 0.05) is 0 Å². The van der Waals surface area contributed by atoms with Crippen LogP contribution in [0.15, 0.2) is 0 Å². The average Bonchev–Trinajstić information content (AvgIpc) is 2.00. The maximum atomic E-state index is 10.8. The summed E-state index contributed by atoms with van der Waals surface area (Å²) in [4.78, 5) is 10.8. The molecule has 2 N–H and O–H groups in total. The van der Waals surface area contributed by atoms with Crippen molar-refractivity contribution in [2.45, 2.75) is 26.3 Å². The van der Waals surface area contributed by atoms with Gasteiger partial charge >= 0.3 is 5.97 Å². The van der Waals surface area contributed by atoms with Crippen molar-refractivity contribution in [3.05, 3.63) is 0 Å². The Bertz CT molecular complexity index is 114. The molecule has 0 saturated heterocycles. The van der Waals surface area contributed by atoms with Gasteiger partial charge in [-0.25, -0.2) is 0 Å². The zero-order valence-corrected chi connectivity index (χ0v) is 6.76. The van der Waals surface area contributed by atoms with Gasteiger partial charge in [-0.2, -0.15) is 0 Å². The zero-order valence-electron chi connectivity index (χ0n) is 6.76. The Kier molecular flexibility index (Phi) is 4.03. The van der Waals surface area contributed by atoms with Crippen LogP contribution in [0.5, 0.6) is 0 Å². The lowest BCUT2D eigenvalue weighted by molar-refractivity contribution is -0.143. The van der Waals surface area contributed by atoms with Crippen molar-refractivity contribution in [3.8, 4) is 0 Å². The highest BCUT2D eigenvalue weighted by molar-refractivity contribution is 5.75. The molecule has 0 radical (unpaired) electrons. The molecule has 0 aliphatic heterocycles. The van der Waals surface area contributed by atoms with Gasteiger partial charge in [-0.1, -0.05) is 20.3 Å². The Morgan fingerprint density at radius 2 is 2.20 bits per heavy atom. The zero-order chi connectivity index (χ0) is 8.15. The number of ether oxygens (including phenoxy) is 1. The van der Waals surface area contributed by atoms with Crippen LogP contribution < -0.4 is 5.73 Å². The van der Waals surface area contributed by atoms with Crippen LogP contribution in [-0.4, -0.2) is 19.1 Å². The molecule has 0 aromatic rings. The van der Waals surface area contributed by atoms with Crippen molar-refractivity contribution >= 4 is 5.97 Å². The van der Waals surface area contributed by atoms with E-state index in [2.05, 4.69) is 4.74 Å². The molecule has 0 heterocycles. The summed E-state index contributed by atoms with van der Waals surface area (Å²) in [5.41, 5.74) is 5.51. The number of nitrogens with two attached hydrogens (primary N) is 1. The van der Waals surface area contributed by atoms with E-state index in [-0.39, 0.29) is 11.9 Å². The number of carbonyl (C=O) groups is 1. The Hall–Kier alpha value is -0.570. The molecule has 0 spiro atoms. The fourth-order valence-corrected chi connectivity index (χ4v) is 0.622. The molecule has 0 aromatic carbocycles. The van der Waals surface area contributed by atoms with Crippen LogP contribution in [0.25, 0.3) is 0 Å². The predicted molar refractivity (Wildman–Crippen MR) is 39.4 cm³/mol. The molecule has 0 rings (SSSR count). The first-order valence-corrected chi connectivity index (χ1v) is 3.46. The summed E-state index contributed by atoms with van der Waals surface area (Å²) >= 11 is 0. The number of esters is 1. The maximum absolute atomic E-state index is 10.8. The molecule has 0 aliphatic carbocycles. The van der Waals surface area contributed by atoms with Crippen LogP contribution in [0.1, 0.15) is 20.3 Å². The number of hydrogen-bond acceptors (Lipinski definition) is 3. The predicted octanol–water partition coefficient (Wildman–Crippen LogP) is 0.533. The van der Waals surface area contributed by atoms with Crippen molar-refractivity contribution in [3.63, 3.8) is 0 Å². The fraction of sp³-hybridized carbons (Fsp3) is 0.857. The van der Waals surface area contributed by atoms with Crippen LogP contribution in [-0.2, 0) is 9.53 Å². The van der Waals surface area contributed by atoms with Gasteiger partial charge in [0.05, 0.1) is 7.11 Å². The Labute approximate surface area is 61.5 Å². The van der Waals surface area contributed by atoms with Crippen LogP contribution in [0.2, 0.25) is 0 Å². The van der Waals surface area contributed by atoms with Gasteiger partial charge in [0.2, 0.25) is 0 Å². The van der Waals surface area contributed by atoms with E-state index in [0.717, 1.165) is 6.42 Å². The molecule has 3 heteroatoms. The highest BCUT2D eigenvalue weighted by Gasteiger charge is 2.19. The van der Waals surface area contributed by atoms with E-state index < -0.39 is 6.04 Å². The van der Waals surface area contributed by atoms with E-state index >= 15 is 0 Å². The van der Waals surface area contributed by atoms with E-state index in [0.29, 0.717) is 0 Å². The minimum atomic E-state index is -0.463. The fourth-order valence-electron chi connectivity index (χ4n) is 0.622. The summed E-state index contributed by atoms with van der Waals surface area (Å²) in [5, 5.41) is 0. The van der Waals surface area contributed by atoms with E-state index in [4.69, 9.17) is 5.73 Å². The molecular weight excluding hydrogens is 130 g/mol. The minimum absolute atomic E-state index is 0.201. The maximum Gasteiger partial charge on any atom is 0.322 e. The van der Waals surface area contributed by atoms with Gasteiger partial charge in [-0.15, -0.1) is 0 Å². The second-order valence-corrected chi connectivity index (χ2v) is 2.43. The van der Waals surface area contributed by atoms with Crippen molar-refractivity contribution in [2.75, 3.05) is 7.11 Å². The molecule has 0 aliphatic rings. The minimum Gasteiger partial charge on any atom is -0.468 e. The number of methoxy groups -OCH3 is 1. The summed E-state index contributed by atoms with van der Waals surface area (Å²) in [7, 11) is 1.35. The molecule has 0 saturated carbocycles. The quantitative estimate of drug-likeness (QED) is 0.589. The first kappa shape index (κ1) is 9.43. The van der Waals surface area contributed by atoms with Crippen LogP contribution in [0.4, 0.5) is 0 Å². The number of carbonyl (C=O) groups excluding carboxylic acids is 1. The van der Waals surface area contributed by atoms with Crippen LogP contribution in [0.3, 0.4) is 0 Å². The van der Waals surface area contributed by atoms with Gasteiger partial charge in [0.1, 0.15) is 6.04 Å². The summed E-state index contributed by atoms with van der Waals surface area (Å²) in [5.74, 6) is -0.123. The summed E-state index contributed by atoms with van der Waals surface area (Å²) in [6, 6.07) is -0.463. The van der Waals surface area contributed by atoms with Crippen molar-refractivity contribution in [1.29, 1.82) is 0 Å². The molecule has 10 heavy (non-hydrogen) atoms. The number of hydrogen-bond donors (Lipinski definition) is 1. The van der Waals surface area contributed by atoms with E-state index in [1.165, 1.54) is 7.11 Å². The molecule has 2 atom stereocenters. The van der Waals surface area contributed by atoms with Gasteiger partial charge in [-0.3, -0.25) is 4.79 Å². The van der Waals surface area contributed by atoms with Gasteiger partial charge in [0.15, 0.2) is 0 Å². The lowest BCUT2D eigenvalue weighted by atomic mass is 10.0. The molecule has 0 aromatic heterocycles. The highest BCUT2D eigenvalue weighted by Crippen LogP contribution is 2.05. The Morgan fingerprint density at radius 3 is 2.50 bits per heavy atom. The van der Waals surface area contributed by atoms with Crippen LogP contribution >= 0.6 is 0 Å². The third kappa shape index (κ3) is 2.35. The average molecular weight is 145 g/mol. The molecule has 60 valence electrons. The third-order valence-electron chi connectivity index (χ3n) is 1.73. The monoisotopic (exact) mass is 145 g/mol. The third-order valence-corrected chi connectivity index (χ3v) is 1.73. The second kappa shape index (κ2) is 4.28. The second-order valence-electron chi connectivity index (χ2n) is 2.43. The summed E-state index contributed by atoms with van der Waals surface area (Å²) in [6.07, 6.45) is 0.899. The van der Waals surface area contributed by atoms with Gasteiger partial charge in [-0.05, 0) is 5.92 Å². The van der Waals surface area contributed by atoms with Gasteiger partial charge < -0.3 is 10.5 Å². The Balaban J connectivity index is 3.81. The van der Waals surface area contributed by atoms with Crippen molar-refractivity contribution in [2.24, 2.45) is 11.7 Å². The lowest BCUT2D eigenvalue weighted by Crippen LogP contribution is -2.37. The molecule has 0 amide bonds. The van der Waals surface area contributed by atoms with Gasteiger partial charge in [0.25, 0.3) is 0 Å². The van der Waals surface area contributed by atoms with E-state index in [9.17, 15) is 4.79 Å². The summed E-state index contributed by atoms with van der Waals surface area (Å²) < 4.78 is 4.47. The molecule has 3 nitrogen and oxygen atoms in total. The van der Waals surface area contributed by atoms with E-state index in [1.807, 2.05) is 13.8 Å². The Morgan fingerprint density at radius 1 is 1.70 bits per heavy atom. The molecule has 1 unspecified atom stereocenters. The number of rotatable bonds is 3. The standard InChI is InChI=1S/C7H15NO2/c1-4-5(2)6(8)7(9)10-3/h5-6H,4,8H2,1-3H3/t5-,6?/m0/s1. The SMILES string of the molecule is CC[C@H](C)C(N)C(=O)OC. The van der Waals surface area contributed by atoms with Crippen LogP contribution in [0, 0.1) is 5.92 Å². The molecule has 0 bridgehead atoms. The first-order valence-electron chi connectivity index (χ1n) is 3.46. The first-order chi connectivity index (χ1) is 4.63. The normalized spacial score (nSPS) is 16.0.